The number of hydrogen-bond donors (Lipinski definition) is 3. The van der Waals surface area contributed by atoms with Gasteiger partial charge in [-0.3, -0.25) is 4.79 Å². The molecule has 0 saturated heterocycles. The van der Waals surface area contributed by atoms with E-state index in [1.807, 2.05) is 0 Å². The Balaban J connectivity index is 2.50. The van der Waals surface area contributed by atoms with E-state index in [1.54, 1.807) is 30.3 Å². The third-order valence-electron chi connectivity index (χ3n) is 1.48. The summed E-state index contributed by atoms with van der Waals surface area (Å²) in [6, 6.07) is 8.59. The molecule has 0 aromatic heterocycles. The fourth-order valence-electron chi connectivity index (χ4n) is 0.876. The van der Waals surface area contributed by atoms with Gasteiger partial charge in [0.2, 0.25) is 0 Å². The lowest BCUT2D eigenvalue weighted by molar-refractivity contribution is 0.0956. The van der Waals surface area contributed by atoms with E-state index < -0.39 is 7.12 Å². The smallest absolute Gasteiger partial charge is 0.426 e. The van der Waals surface area contributed by atoms with E-state index in [0.717, 1.165) is 0 Å². The Kier molecular flexibility index (Phi) is 3.48. The third kappa shape index (κ3) is 3.27. The highest BCUT2D eigenvalue weighted by Crippen LogP contribution is 1.96. The van der Waals surface area contributed by atoms with Crippen molar-refractivity contribution in [3.05, 3.63) is 35.9 Å². The second kappa shape index (κ2) is 4.64. The molecule has 68 valence electrons. The summed E-state index contributed by atoms with van der Waals surface area (Å²) in [6.45, 7) is 0. The monoisotopic (exact) mass is 179 g/mol. The van der Waals surface area contributed by atoms with Crippen LogP contribution in [-0.4, -0.2) is 29.5 Å². The zero-order valence-corrected chi connectivity index (χ0v) is 6.97. The van der Waals surface area contributed by atoms with Crippen LogP contribution in [0.4, 0.5) is 0 Å². The molecule has 1 amide bonds. The Labute approximate surface area is 76.4 Å². The van der Waals surface area contributed by atoms with Crippen LogP contribution >= 0.6 is 0 Å². The Morgan fingerprint density at radius 3 is 2.46 bits per heavy atom. The molecule has 0 bridgehead atoms. The van der Waals surface area contributed by atoms with Gasteiger partial charge >= 0.3 is 7.12 Å². The molecule has 0 saturated carbocycles. The molecule has 13 heavy (non-hydrogen) atoms. The Hall–Kier alpha value is -1.33. The van der Waals surface area contributed by atoms with E-state index in [0.29, 0.717) is 5.56 Å². The van der Waals surface area contributed by atoms with Crippen molar-refractivity contribution in [1.82, 2.24) is 5.32 Å². The van der Waals surface area contributed by atoms with Gasteiger partial charge in [0.05, 0.1) is 6.44 Å². The normalized spacial score (nSPS) is 9.38. The molecule has 0 aliphatic heterocycles. The maximum absolute atomic E-state index is 11.2. The van der Waals surface area contributed by atoms with E-state index in [-0.39, 0.29) is 12.4 Å². The van der Waals surface area contributed by atoms with Crippen LogP contribution in [0.3, 0.4) is 0 Å². The van der Waals surface area contributed by atoms with E-state index in [4.69, 9.17) is 10.0 Å². The molecule has 4 nitrogen and oxygen atoms in total. The van der Waals surface area contributed by atoms with Gasteiger partial charge < -0.3 is 15.4 Å². The molecule has 5 heteroatoms. The molecular formula is C8H10BNO3. The van der Waals surface area contributed by atoms with Gasteiger partial charge in [-0.2, -0.15) is 0 Å². The van der Waals surface area contributed by atoms with E-state index >= 15 is 0 Å². The SMILES string of the molecule is O=C(NCB(O)O)c1ccccc1. The standard InChI is InChI=1S/C8H10BNO3/c11-8(10-6-9(12)13)7-4-2-1-3-5-7/h1-5,12-13H,6H2,(H,10,11). The number of nitrogens with one attached hydrogen (secondary N) is 1. The summed E-state index contributed by atoms with van der Waals surface area (Å²) in [5.41, 5.74) is 0.503. The minimum absolute atomic E-state index is 0.159. The predicted octanol–water partition coefficient (Wildman–Crippen LogP) is -0.572. The molecular weight excluding hydrogens is 169 g/mol. The van der Waals surface area contributed by atoms with Gasteiger partial charge in [-0.05, 0) is 12.1 Å². The fraction of sp³-hybridized carbons (Fsp3) is 0.125. The van der Waals surface area contributed by atoms with E-state index in [1.165, 1.54) is 0 Å². The summed E-state index contributed by atoms with van der Waals surface area (Å²) in [5, 5.41) is 19.3. The Bertz CT molecular complexity index is 276. The van der Waals surface area contributed by atoms with Crippen molar-refractivity contribution < 1.29 is 14.8 Å². The molecule has 0 fully saturated rings. The zero-order chi connectivity index (χ0) is 9.68. The van der Waals surface area contributed by atoms with Crippen molar-refractivity contribution in [2.45, 2.75) is 0 Å². The number of hydrogen-bond acceptors (Lipinski definition) is 3. The second-order valence-electron chi connectivity index (χ2n) is 2.56. The van der Waals surface area contributed by atoms with Crippen LogP contribution in [0.25, 0.3) is 0 Å². The minimum Gasteiger partial charge on any atom is -0.426 e. The molecule has 0 atom stereocenters. The molecule has 1 aromatic rings. The molecule has 3 N–H and O–H groups in total. The van der Waals surface area contributed by atoms with E-state index in [2.05, 4.69) is 5.32 Å². The minimum atomic E-state index is -1.51. The molecule has 0 aliphatic rings. The summed E-state index contributed by atoms with van der Waals surface area (Å²) in [7, 11) is -1.51. The van der Waals surface area contributed by atoms with Gasteiger partial charge in [0.1, 0.15) is 0 Å². The lowest BCUT2D eigenvalue weighted by Crippen LogP contribution is -2.34. The van der Waals surface area contributed by atoms with Crippen molar-refractivity contribution in [3.8, 4) is 0 Å². The molecule has 0 radical (unpaired) electrons. The number of amides is 1. The summed E-state index contributed by atoms with van der Waals surface area (Å²) >= 11 is 0. The maximum atomic E-state index is 11.2. The first kappa shape index (κ1) is 9.76. The van der Waals surface area contributed by atoms with Crippen molar-refractivity contribution in [1.29, 1.82) is 0 Å². The van der Waals surface area contributed by atoms with Crippen LogP contribution in [0, 0.1) is 0 Å². The van der Waals surface area contributed by atoms with Crippen LogP contribution in [0.5, 0.6) is 0 Å². The van der Waals surface area contributed by atoms with Crippen LogP contribution in [0.1, 0.15) is 10.4 Å². The fourth-order valence-corrected chi connectivity index (χ4v) is 0.876. The highest BCUT2D eigenvalue weighted by Gasteiger charge is 2.09. The van der Waals surface area contributed by atoms with Crippen molar-refractivity contribution in [2.75, 3.05) is 6.44 Å². The van der Waals surface area contributed by atoms with Crippen LogP contribution in [-0.2, 0) is 0 Å². The quantitative estimate of drug-likeness (QED) is 0.544. The van der Waals surface area contributed by atoms with Gasteiger partial charge in [0, 0.05) is 5.56 Å². The maximum Gasteiger partial charge on any atom is 0.472 e. The number of carbonyl (C=O) groups excluding carboxylic acids is 1. The topological polar surface area (TPSA) is 69.6 Å². The third-order valence-corrected chi connectivity index (χ3v) is 1.48. The van der Waals surface area contributed by atoms with Gasteiger partial charge in [-0.1, -0.05) is 18.2 Å². The first-order valence-electron chi connectivity index (χ1n) is 3.89. The number of benzene rings is 1. The van der Waals surface area contributed by atoms with Crippen molar-refractivity contribution >= 4 is 13.0 Å². The summed E-state index contributed by atoms with van der Waals surface area (Å²) in [4.78, 5) is 11.2. The highest BCUT2D eigenvalue weighted by molar-refractivity contribution is 6.41. The van der Waals surface area contributed by atoms with Crippen LogP contribution in [0.15, 0.2) is 30.3 Å². The number of carbonyl (C=O) groups is 1. The first-order chi connectivity index (χ1) is 6.20. The Morgan fingerprint density at radius 1 is 1.31 bits per heavy atom. The van der Waals surface area contributed by atoms with E-state index in [9.17, 15) is 4.79 Å². The summed E-state index contributed by atoms with van der Waals surface area (Å²) in [5.74, 6) is -0.311. The molecule has 0 heterocycles. The molecule has 0 aliphatic carbocycles. The molecule has 1 rings (SSSR count). The lowest BCUT2D eigenvalue weighted by Gasteiger charge is -2.03. The van der Waals surface area contributed by atoms with Crippen molar-refractivity contribution in [2.24, 2.45) is 0 Å². The Morgan fingerprint density at radius 2 is 1.92 bits per heavy atom. The van der Waals surface area contributed by atoms with Gasteiger partial charge in [0.15, 0.2) is 0 Å². The van der Waals surface area contributed by atoms with Crippen LogP contribution in [0.2, 0.25) is 0 Å². The van der Waals surface area contributed by atoms with Crippen LogP contribution < -0.4 is 5.32 Å². The first-order valence-corrected chi connectivity index (χ1v) is 3.89. The predicted molar refractivity (Wildman–Crippen MR) is 49.0 cm³/mol. The summed E-state index contributed by atoms with van der Waals surface area (Å²) in [6.07, 6.45) is -0.159. The van der Waals surface area contributed by atoms with Crippen molar-refractivity contribution in [3.63, 3.8) is 0 Å². The molecule has 0 unspecified atom stereocenters. The van der Waals surface area contributed by atoms with Gasteiger partial charge in [-0.15, -0.1) is 0 Å². The van der Waals surface area contributed by atoms with Gasteiger partial charge in [0.25, 0.3) is 5.91 Å². The largest absolute Gasteiger partial charge is 0.472 e. The number of rotatable bonds is 3. The highest BCUT2D eigenvalue weighted by atomic mass is 16.4. The summed E-state index contributed by atoms with van der Waals surface area (Å²) < 4.78 is 0. The second-order valence-corrected chi connectivity index (χ2v) is 2.56. The zero-order valence-electron chi connectivity index (χ0n) is 6.97. The lowest BCUT2D eigenvalue weighted by atomic mass is 9.92. The molecule has 0 spiro atoms. The average molecular weight is 179 g/mol. The average Bonchev–Trinajstić information content (AvgIpc) is 2.15. The molecule has 1 aromatic carbocycles. The van der Waals surface area contributed by atoms with Gasteiger partial charge in [-0.25, -0.2) is 0 Å².